The number of hydrogen-bond acceptors (Lipinski definition) is 6. The number of halogens is 1. The summed E-state index contributed by atoms with van der Waals surface area (Å²) in [4.78, 5) is 21.6. The minimum Gasteiger partial charge on any atom is -0.497 e. The first-order valence-corrected chi connectivity index (χ1v) is 9.68. The lowest BCUT2D eigenvalue weighted by Gasteiger charge is -2.17. The van der Waals surface area contributed by atoms with Gasteiger partial charge in [-0.15, -0.1) is 0 Å². The van der Waals surface area contributed by atoms with Crippen LogP contribution in [0.2, 0.25) is 0 Å². The van der Waals surface area contributed by atoms with E-state index in [1.807, 2.05) is 32.3 Å². The molecule has 0 radical (unpaired) electrons. The van der Waals surface area contributed by atoms with Gasteiger partial charge in [-0.2, -0.15) is 0 Å². The van der Waals surface area contributed by atoms with Gasteiger partial charge in [0.1, 0.15) is 29.6 Å². The molecule has 1 heterocycles. The van der Waals surface area contributed by atoms with E-state index in [1.54, 1.807) is 29.3 Å². The van der Waals surface area contributed by atoms with Crippen LogP contribution in [-0.2, 0) is 17.8 Å². The number of carboxylic acids is 1. The van der Waals surface area contributed by atoms with Crippen LogP contribution in [0, 0.1) is 5.82 Å². The van der Waals surface area contributed by atoms with E-state index >= 15 is 0 Å². The average Bonchev–Trinajstić information content (AvgIpc) is 2.77. The van der Waals surface area contributed by atoms with Crippen molar-refractivity contribution in [1.82, 2.24) is 9.97 Å². The van der Waals surface area contributed by atoms with E-state index in [0.717, 1.165) is 5.56 Å². The van der Waals surface area contributed by atoms with E-state index in [0.29, 0.717) is 40.7 Å². The average molecular weight is 425 g/mol. The number of rotatable bonds is 9. The number of methoxy groups -OCH3 is 1. The van der Waals surface area contributed by atoms with Crippen LogP contribution in [0.15, 0.2) is 48.7 Å². The van der Waals surface area contributed by atoms with Crippen LogP contribution >= 0.6 is 0 Å². The summed E-state index contributed by atoms with van der Waals surface area (Å²) in [5.74, 6) is 0.381. The molecule has 31 heavy (non-hydrogen) atoms. The van der Waals surface area contributed by atoms with Crippen molar-refractivity contribution in [3.8, 4) is 22.8 Å². The summed E-state index contributed by atoms with van der Waals surface area (Å²) >= 11 is 0. The molecule has 0 saturated carbocycles. The zero-order chi connectivity index (χ0) is 22.4. The smallest absolute Gasteiger partial charge is 0.303 e. The maximum atomic E-state index is 14.5. The molecule has 8 heteroatoms. The van der Waals surface area contributed by atoms with Gasteiger partial charge < -0.3 is 19.5 Å². The second-order valence-corrected chi connectivity index (χ2v) is 7.10. The molecule has 0 saturated heterocycles. The highest BCUT2D eigenvalue weighted by Gasteiger charge is 2.17. The highest BCUT2D eigenvalue weighted by molar-refractivity contribution is 5.73. The molecule has 0 aliphatic heterocycles. The lowest BCUT2D eigenvalue weighted by atomic mass is 10.1. The summed E-state index contributed by atoms with van der Waals surface area (Å²) in [6.45, 7) is 0.164. The lowest BCUT2D eigenvalue weighted by molar-refractivity contribution is -0.136. The molecule has 0 atom stereocenters. The molecule has 0 fully saturated rings. The molecular formula is C23H24FN3O4. The summed E-state index contributed by atoms with van der Waals surface area (Å²) in [6, 6.07) is 11.8. The molecule has 1 aromatic heterocycles. The number of nitrogens with zero attached hydrogens (tertiary/aromatic N) is 3. The number of aryl methyl sites for hydroxylation is 1. The quantitative estimate of drug-likeness (QED) is 0.556. The second kappa shape index (κ2) is 9.88. The number of aromatic nitrogens is 2. The fourth-order valence-electron chi connectivity index (χ4n) is 3.00. The van der Waals surface area contributed by atoms with Gasteiger partial charge in [-0.3, -0.25) is 9.78 Å². The van der Waals surface area contributed by atoms with Crippen molar-refractivity contribution in [2.75, 3.05) is 26.1 Å². The molecule has 1 N–H and O–H groups in total. The highest BCUT2D eigenvalue weighted by atomic mass is 19.1. The normalized spacial score (nSPS) is 10.6. The van der Waals surface area contributed by atoms with Crippen LogP contribution < -0.4 is 14.4 Å². The van der Waals surface area contributed by atoms with Gasteiger partial charge in [0.15, 0.2) is 5.82 Å². The Balaban J connectivity index is 1.81. The van der Waals surface area contributed by atoms with Gasteiger partial charge in [0.05, 0.1) is 19.0 Å². The molecule has 2 aromatic carbocycles. The number of ether oxygens (including phenoxy) is 2. The molecule has 7 nitrogen and oxygen atoms in total. The molecule has 0 amide bonds. The van der Waals surface area contributed by atoms with E-state index in [2.05, 4.69) is 9.97 Å². The van der Waals surface area contributed by atoms with Crippen molar-refractivity contribution in [2.24, 2.45) is 0 Å². The summed E-state index contributed by atoms with van der Waals surface area (Å²) < 4.78 is 25.5. The molecule has 162 valence electrons. The third-order valence-electron chi connectivity index (χ3n) is 4.57. The Bertz CT molecular complexity index is 1070. The van der Waals surface area contributed by atoms with E-state index in [9.17, 15) is 9.18 Å². The summed E-state index contributed by atoms with van der Waals surface area (Å²) in [5, 5.41) is 8.84. The largest absolute Gasteiger partial charge is 0.497 e. The SMILES string of the molecule is COc1ccc(F)c(-c2ncc(COc3cccc(CCC(=O)O)c3)nc2N(C)C)c1. The molecule has 0 bridgehead atoms. The fourth-order valence-corrected chi connectivity index (χ4v) is 3.00. The number of carboxylic acid groups (broad SMARTS) is 1. The number of carbonyl (C=O) groups is 1. The molecule has 0 aliphatic rings. The van der Waals surface area contributed by atoms with Crippen molar-refractivity contribution in [2.45, 2.75) is 19.4 Å². The van der Waals surface area contributed by atoms with E-state index in [-0.39, 0.29) is 13.0 Å². The number of anilines is 1. The van der Waals surface area contributed by atoms with Crippen LogP contribution in [0.25, 0.3) is 11.3 Å². The first-order chi connectivity index (χ1) is 14.9. The van der Waals surface area contributed by atoms with Crippen LogP contribution in [0.4, 0.5) is 10.2 Å². The Hall–Kier alpha value is -3.68. The molecule has 0 aliphatic carbocycles. The molecular weight excluding hydrogens is 401 g/mol. The van der Waals surface area contributed by atoms with Crippen LogP contribution in [-0.4, -0.2) is 42.2 Å². The first kappa shape index (κ1) is 22.0. The third kappa shape index (κ3) is 5.69. The molecule has 0 spiro atoms. The maximum Gasteiger partial charge on any atom is 0.303 e. The van der Waals surface area contributed by atoms with Crippen molar-refractivity contribution >= 4 is 11.8 Å². The fraction of sp³-hybridized carbons (Fsp3) is 0.261. The van der Waals surface area contributed by atoms with Gasteiger partial charge in [-0.25, -0.2) is 9.37 Å². The van der Waals surface area contributed by atoms with E-state index in [4.69, 9.17) is 14.6 Å². The highest BCUT2D eigenvalue weighted by Crippen LogP contribution is 2.31. The van der Waals surface area contributed by atoms with Gasteiger partial charge in [-0.1, -0.05) is 12.1 Å². The number of aliphatic carboxylic acids is 1. The Morgan fingerprint density at radius 1 is 1.16 bits per heavy atom. The standard InChI is InChI=1S/C23H24FN3O4/c1-27(2)23-22(19-12-17(30-3)8-9-20(19)24)25-13-16(26-23)14-31-18-6-4-5-15(11-18)7-10-21(28)29/h4-6,8-9,11-13H,7,10,14H2,1-3H3,(H,28,29). The predicted molar refractivity (Wildman–Crippen MR) is 115 cm³/mol. The summed E-state index contributed by atoms with van der Waals surface area (Å²) in [7, 11) is 5.14. The minimum absolute atomic E-state index is 0.0589. The summed E-state index contributed by atoms with van der Waals surface area (Å²) in [6.07, 6.45) is 2.04. The Labute approximate surface area is 180 Å². The minimum atomic E-state index is -0.842. The first-order valence-electron chi connectivity index (χ1n) is 9.68. The van der Waals surface area contributed by atoms with Crippen LogP contribution in [0.5, 0.6) is 11.5 Å². The third-order valence-corrected chi connectivity index (χ3v) is 4.57. The summed E-state index contributed by atoms with van der Waals surface area (Å²) in [5.41, 5.74) is 2.16. The molecule has 3 rings (SSSR count). The van der Waals surface area contributed by atoms with Gasteiger partial charge >= 0.3 is 5.97 Å². The van der Waals surface area contributed by atoms with Crippen molar-refractivity contribution in [3.05, 3.63) is 65.7 Å². The zero-order valence-corrected chi connectivity index (χ0v) is 17.6. The number of hydrogen-bond donors (Lipinski definition) is 1. The van der Waals surface area contributed by atoms with E-state index in [1.165, 1.54) is 13.2 Å². The number of benzene rings is 2. The Morgan fingerprint density at radius 3 is 2.68 bits per heavy atom. The molecule has 3 aromatic rings. The molecule has 0 unspecified atom stereocenters. The maximum absolute atomic E-state index is 14.5. The van der Waals surface area contributed by atoms with Crippen molar-refractivity contribution < 1.29 is 23.8 Å². The predicted octanol–water partition coefficient (Wildman–Crippen LogP) is 3.95. The van der Waals surface area contributed by atoms with Gasteiger partial charge in [0, 0.05) is 26.1 Å². The van der Waals surface area contributed by atoms with E-state index < -0.39 is 11.8 Å². The van der Waals surface area contributed by atoms with Gasteiger partial charge in [0.25, 0.3) is 0 Å². The van der Waals surface area contributed by atoms with Crippen molar-refractivity contribution in [1.29, 1.82) is 0 Å². The van der Waals surface area contributed by atoms with Crippen LogP contribution in [0.1, 0.15) is 17.7 Å². The Kier molecular flexibility index (Phi) is 7.02. The topological polar surface area (TPSA) is 84.8 Å². The second-order valence-electron chi connectivity index (χ2n) is 7.10. The monoisotopic (exact) mass is 425 g/mol. The zero-order valence-electron chi connectivity index (χ0n) is 17.6. The van der Waals surface area contributed by atoms with Crippen LogP contribution in [0.3, 0.4) is 0 Å². The van der Waals surface area contributed by atoms with Gasteiger partial charge in [0.2, 0.25) is 0 Å². The van der Waals surface area contributed by atoms with Gasteiger partial charge in [-0.05, 0) is 42.3 Å². The lowest BCUT2D eigenvalue weighted by Crippen LogP contribution is -2.15. The Morgan fingerprint density at radius 2 is 1.97 bits per heavy atom. The van der Waals surface area contributed by atoms with Crippen molar-refractivity contribution in [3.63, 3.8) is 0 Å².